The summed E-state index contributed by atoms with van der Waals surface area (Å²) in [5, 5.41) is 50.4. The number of carbonyl (C=O) groups excluding carboxylic acids is 3. The number of carboxylic acids is 5. The van der Waals surface area contributed by atoms with Crippen LogP contribution in [-0.2, 0) is 41.0 Å². The molecule has 8 bridgehead atoms. The summed E-state index contributed by atoms with van der Waals surface area (Å²) in [5.41, 5.74) is 9.46. The van der Waals surface area contributed by atoms with Gasteiger partial charge in [-0.1, -0.05) is 48.5 Å². The second-order valence-electron chi connectivity index (χ2n) is 15.8. The Morgan fingerprint density at radius 2 is 0.685 bits per heavy atom. The molecule has 9 rings (SSSR count). The van der Waals surface area contributed by atoms with Crippen LogP contribution in [-0.4, -0.2) is 86.4 Å². The molecule has 0 fully saturated rings. The van der Waals surface area contributed by atoms with Crippen LogP contribution in [0.5, 0.6) is 23.0 Å². The van der Waals surface area contributed by atoms with Crippen molar-refractivity contribution in [3.8, 4) is 67.5 Å². The molecule has 7 aromatic rings. The van der Waals surface area contributed by atoms with Crippen LogP contribution >= 0.6 is 0 Å². The number of rotatable bonds is 16. The van der Waals surface area contributed by atoms with E-state index >= 15 is 0 Å². The van der Waals surface area contributed by atoms with Crippen LogP contribution in [0.2, 0.25) is 0 Å². The maximum absolute atomic E-state index is 11.5. The summed E-state index contributed by atoms with van der Waals surface area (Å²) in [4.78, 5) is 72.3. The van der Waals surface area contributed by atoms with Crippen molar-refractivity contribution in [3.05, 3.63) is 144 Å². The van der Waals surface area contributed by atoms with Gasteiger partial charge in [0.2, 0.25) is 0 Å². The predicted octanol–water partition coefficient (Wildman–Crippen LogP) is 5.26. The van der Waals surface area contributed by atoms with E-state index in [0.29, 0.717) is 101 Å². The fraction of sp³-hybridized carbons (Fsp3) is 0.0926. The summed E-state index contributed by atoms with van der Waals surface area (Å²) in [6.45, 7) is -1.49. The number of H-pyrrole nitrogens is 2. The molecule has 0 saturated carbocycles. The van der Waals surface area contributed by atoms with Crippen molar-refractivity contribution in [2.45, 2.75) is 6.92 Å². The standard InChI is InChI=1S/C52H38N4O12.C2H4O2.Mn/c57-45(58)25-65-33-9-1-5-29(21-33)49-37-13-15-39(53-37)50(30-6-2-10-34(22-30)66-26-46(59)60)41-17-19-43(55-41)52(32-8-4-12-36(24-32)68-28-48(63)64)44-20-18-42(56-44)51(40-16-14-38(49)54-40)31-7-3-11-35(23-31)67-27-47(61)62;1-2(3)4;/h1-24,53,56H,25-28H2,(H,57,58)(H,59,60)(H,61,62)(H,63,64);1H3,(H,3,4);/q;;+3/p-3. The molecular formula is C54H39MnN4O14. The minimum atomic E-state index is -1.39. The van der Waals surface area contributed by atoms with Gasteiger partial charge in [0.05, 0.1) is 34.7 Å². The summed E-state index contributed by atoms with van der Waals surface area (Å²) < 4.78 is 22.3. The molecule has 0 spiro atoms. The number of nitrogens with one attached hydrogen (secondary N) is 2. The zero-order valence-electron chi connectivity index (χ0n) is 38.3. The largest absolute Gasteiger partial charge is 3.00 e. The molecule has 18 nitrogen and oxygen atoms in total. The first-order valence-electron chi connectivity index (χ1n) is 21.8. The van der Waals surface area contributed by atoms with E-state index in [1.54, 1.807) is 72.8 Å². The molecule has 0 atom stereocenters. The predicted molar refractivity (Wildman–Crippen MR) is 259 cm³/mol. The number of ether oxygens (including phenoxy) is 4. The van der Waals surface area contributed by atoms with Crippen LogP contribution in [0.15, 0.2) is 121 Å². The first-order valence-corrected chi connectivity index (χ1v) is 21.8. The van der Waals surface area contributed by atoms with Crippen molar-refractivity contribution in [3.63, 3.8) is 0 Å². The van der Waals surface area contributed by atoms with Crippen LogP contribution in [0.3, 0.4) is 0 Å². The summed E-state index contributed by atoms with van der Waals surface area (Å²) >= 11 is 0. The number of aromatic nitrogens is 4. The molecular weight excluding hydrogens is 984 g/mol. The Labute approximate surface area is 425 Å². The SMILES string of the molecule is CC(=O)[O-].O=C([O-])COc1cccc(-c2c3nc(c(-c4cccc(OCC(=O)O)c4)c4ccc([nH]4)c(-c4cccc(OCC(=O)O)c4)c4nc(c(-c5cccc(OCC(=O)[O-])c5)c5ccc2[nH]5)C=C4)C=C3)c1.[Mn+3]. The average Bonchev–Trinajstić information content (AvgIpc) is 4.21. The van der Waals surface area contributed by atoms with Crippen LogP contribution in [0, 0.1) is 0 Å². The fourth-order valence-electron chi connectivity index (χ4n) is 7.96. The monoisotopic (exact) mass is 1020 g/mol. The van der Waals surface area contributed by atoms with Crippen molar-refractivity contribution < 1.29 is 85.5 Å². The third-order valence-corrected chi connectivity index (χ3v) is 10.7. The molecule has 0 aliphatic carbocycles. The maximum Gasteiger partial charge on any atom is 3.00 e. The van der Waals surface area contributed by atoms with Gasteiger partial charge < -0.3 is 68.8 Å². The number of aliphatic carboxylic acids is 5. The molecule has 4 N–H and O–H groups in total. The van der Waals surface area contributed by atoms with Crippen molar-refractivity contribution in [2.75, 3.05) is 26.4 Å². The average molecular weight is 1020 g/mol. The molecule has 0 radical (unpaired) electrons. The van der Waals surface area contributed by atoms with Gasteiger partial charge in [-0.3, -0.25) is 0 Å². The summed E-state index contributed by atoms with van der Waals surface area (Å²) in [7, 11) is 0. The molecule has 366 valence electrons. The quantitative estimate of drug-likeness (QED) is 0.0898. The topological polar surface area (TPSA) is 289 Å². The van der Waals surface area contributed by atoms with E-state index < -0.39 is 56.3 Å². The Bertz CT molecular complexity index is 3080. The van der Waals surface area contributed by atoms with Gasteiger partial charge in [0.25, 0.3) is 0 Å². The van der Waals surface area contributed by atoms with Gasteiger partial charge >= 0.3 is 29.0 Å². The molecule has 73 heavy (non-hydrogen) atoms. The zero-order chi connectivity index (χ0) is 50.9. The summed E-state index contributed by atoms with van der Waals surface area (Å²) in [6, 6.07) is 35.3. The minimum Gasteiger partial charge on any atom is -0.550 e. The molecule has 3 aromatic heterocycles. The van der Waals surface area contributed by atoms with E-state index in [2.05, 4.69) is 9.97 Å². The van der Waals surface area contributed by atoms with Gasteiger partial charge in [-0.15, -0.1) is 0 Å². The van der Waals surface area contributed by atoms with E-state index in [-0.39, 0.29) is 28.6 Å². The van der Waals surface area contributed by atoms with Crippen LogP contribution < -0.4 is 34.3 Å². The van der Waals surface area contributed by atoms with Gasteiger partial charge in [-0.25, -0.2) is 19.6 Å². The van der Waals surface area contributed by atoms with Gasteiger partial charge in [0.15, 0.2) is 13.2 Å². The van der Waals surface area contributed by atoms with E-state index in [4.69, 9.17) is 38.8 Å². The zero-order valence-corrected chi connectivity index (χ0v) is 39.4. The number of hydrogen-bond donors (Lipinski definition) is 4. The Hall–Kier alpha value is -9.45. The molecule has 0 amide bonds. The second kappa shape index (κ2) is 23.0. The van der Waals surface area contributed by atoms with Crippen LogP contribution in [0.25, 0.3) is 90.9 Å². The first-order chi connectivity index (χ1) is 34.7. The minimum absolute atomic E-state index is 0. The molecule has 0 unspecified atom stereocenters. The van der Waals surface area contributed by atoms with Crippen LogP contribution in [0.1, 0.15) is 29.7 Å². The molecule has 2 aliphatic heterocycles. The Kier molecular flexibility index (Phi) is 16.2. The van der Waals surface area contributed by atoms with E-state index in [1.807, 2.05) is 72.8 Å². The number of hydrogen-bond acceptors (Lipinski definition) is 14. The molecule has 4 aromatic carbocycles. The van der Waals surface area contributed by atoms with Gasteiger partial charge in [0.1, 0.15) is 36.2 Å². The molecule has 5 heterocycles. The Balaban J connectivity index is 0.00000151. The Morgan fingerprint density at radius 3 is 0.918 bits per heavy atom. The van der Waals surface area contributed by atoms with Crippen molar-refractivity contribution in [2.24, 2.45) is 0 Å². The van der Waals surface area contributed by atoms with Crippen LogP contribution in [0.4, 0.5) is 0 Å². The first kappa shape index (κ1) is 51.4. The van der Waals surface area contributed by atoms with E-state index in [1.165, 1.54) is 0 Å². The number of nitrogens with zero attached hydrogens (tertiary/aromatic N) is 2. The molecule has 19 heteroatoms. The third-order valence-electron chi connectivity index (χ3n) is 10.7. The smallest absolute Gasteiger partial charge is 0.550 e. The number of fused-ring (bicyclic) bond motifs is 8. The van der Waals surface area contributed by atoms with Crippen molar-refractivity contribution >= 4 is 76.2 Å². The van der Waals surface area contributed by atoms with Gasteiger partial charge in [-0.2, -0.15) is 0 Å². The van der Waals surface area contributed by atoms with Crippen molar-refractivity contribution in [1.29, 1.82) is 0 Å². The van der Waals surface area contributed by atoms with E-state index in [0.717, 1.165) is 6.92 Å². The maximum atomic E-state index is 11.5. The number of carboxylic acid groups (broad SMARTS) is 5. The number of aromatic amines is 2. The Morgan fingerprint density at radius 1 is 0.438 bits per heavy atom. The van der Waals surface area contributed by atoms with Gasteiger partial charge in [0, 0.05) is 50.3 Å². The molecule has 0 saturated heterocycles. The second-order valence-corrected chi connectivity index (χ2v) is 15.8. The number of carbonyl (C=O) groups is 5. The fourth-order valence-corrected chi connectivity index (χ4v) is 7.96. The number of benzene rings is 4. The van der Waals surface area contributed by atoms with Crippen molar-refractivity contribution in [1.82, 2.24) is 19.9 Å². The summed E-state index contributed by atoms with van der Waals surface area (Å²) in [5.74, 6) is -4.97. The van der Waals surface area contributed by atoms with E-state index in [9.17, 15) is 39.6 Å². The third kappa shape index (κ3) is 12.7. The summed E-state index contributed by atoms with van der Waals surface area (Å²) in [6.07, 6.45) is 7.39. The molecule has 2 aliphatic rings. The normalized spacial score (nSPS) is 11.1. The van der Waals surface area contributed by atoms with Gasteiger partial charge in [-0.05, 0) is 126 Å².